The number of aliphatic carboxylic acids is 3. The van der Waals surface area contributed by atoms with Crippen LogP contribution in [-0.2, 0) is 27.5 Å². The van der Waals surface area contributed by atoms with Gasteiger partial charge in [-0.1, -0.05) is 18.2 Å². The lowest BCUT2D eigenvalue weighted by Crippen LogP contribution is -2.46. The molecule has 3 heterocycles. The van der Waals surface area contributed by atoms with E-state index in [0.29, 0.717) is 5.41 Å². The van der Waals surface area contributed by atoms with E-state index in [4.69, 9.17) is 34.4 Å². The number of methoxy groups -OCH3 is 1. The molecule has 19 heteroatoms. The van der Waals surface area contributed by atoms with Gasteiger partial charge in [-0.25, -0.2) is 14.4 Å². The van der Waals surface area contributed by atoms with E-state index >= 15 is 0 Å². The summed E-state index contributed by atoms with van der Waals surface area (Å²) in [6, 6.07) is 14.7. The lowest BCUT2D eigenvalue weighted by Gasteiger charge is -2.47. The minimum absolute atomic E-state index is 0.580. The van der Waals surface area contributed by atoms with E-state index in [2.05, 4.69) is 51.2 Å². The molecule has 1 spiro atoms. The molecule has 0 saturated carbocycles. The number of benzene rings is 1. The minimum atomic E-state index is -5.08. The van der Waals surface area contributed by atoms with Crippen LogP contribution in [0.1, 0.15) is 36.9 Å². The SMILES string of the molecule is COc1ccc(CN2CCC3(CC2)CCN(Cc2ccccn2)CC3)cc1.O=C(O)C(F)(F)F.O=C(O)C(F)(F)F.O=C(O)C(F)(F)F. The molecule has 2 aliphatic heterocycles. The number of hydrogen-bond donors (Lipinski definition) is 3. The fraction of sp³-hybridized carbons (Fsp3) is 0.517. The number of halogens is 9. The highest BCUT2D eigenvalue weighted by Crippen LogP contribution is 2.41. The third-order valence-corrected chi connectivity index (χ3v) is 7.24. The zero-order valence-electron chi connectivity index (χ0n) is 25.4. The molecular weight excluding hydrogens is 673 g/mol. The third-order valence-electron chi connectivity index (χ3n) is 7.24. The molecule has 1 aromatic heterocycles. The van der Waals surface area contributed by atoms with Crippen LogP contribution in [0, 0.1) is 5.41 Å². The summed E-state index contributed by atoms with van der Waals surface area (Å²) in [5.41, 5.74) is 3.16. The van der Waals surface area contributed by atoms with Crippen molar-refractivity contribution in [2.45, 2.75) is 57.3 Å². The number of piperidine rings is 2. The number of ether oxygens (including phenoxy) is 1. The van der Waals surface area contributed by atoms with Crippen molar-refractivity contribution in [2.75, 3.05) is 33.3 Å². The van der Waals surface area contributed by atoms with Crippen molar-refractivity contribution in [1.82, 2.24) is 14.8 Å². The molecule has 2 aliphatic rings. The van der Waals surface area contributed by atoms with Crippen LogP contribution in [0.25, 0.3) is 0 Å². The zero-order chi connectivity index (χ0) is 36.8. The summed E-state index contributed by atoms with van der Waals surface area (Å²) in [6.45, 7) is 6.95. The number of pyridine rings is 1. The third kappa shape index (κ3) is 16.1. The number of rotatable bonds is 5. The maximum atomic E-state index is 10.6. The van der Waals surface area contributed by atoms with E-state index < -0.39 is 36.4 Å². The minimum Gasteiger partial charge on any atom is -0.497 e. The molecule has 48 heavy (non-hydrogen) atoms. The van der Waals surface area contributed by atoms with Crippen molar-refractivity contribution in [2.24, 2.45) is 5.41 Å². The molecule has 0 unspecified atom stereocenters. The van der Waals surface area contributed by atoms with Gasteiger partial charge in [-0.05, 0) is 87.1 Å². The predicted octanol–water partition coefficient (Wildman–Crippen LogP) is 5.87. The first kappa shape index (κ1) is 41.9. The lowest BCUT2D eigenvalue weighted by atomic mass is 9.71. The zero-order valence-corrected chi connectivity index (χ0v) is 25.4. The first-order valence-electron chi connectivity index (χ1n) is 14.0. The Morgan fingerprint density at radius 1 is 0.688 bits per heavy atom. The second-order valence-corrected chi connectivity index (χ2v) is 10.6. The van der Waals surface area contributed by atoms with Gasteiger partial charge >= 0.3 is 36.4 Å². The Labute approximate surface area is 268 Å². The summed E-state index contributed by atoms with van der Waals surface area (Å²) in [5, 5.41) is 21.4. The van der Waals surface area contributed by atoms with E-state index in [0.717, 1.165) is 18.8 Å². The number of alkyl halides is 9. The van der Waals surface area contributed by atoms with Crippen molar-refractivity contribution in [3.05, 3.63) is 59.9 Å². The largest absolute Gasteiger partial charge is 0.497 e. The highest BCUT2D eigenvalue weighted by molar-refractivity contribution is 5.73. The molecule has 0 amide bonds. The summed E-state index contributed by atoms with van der Waals surface area (Å²) in [4.78, 5) is 36.4. The molecule has 4 rings (SSSR count). The van der Waals surface area contributed by atoms with Crippen LogP contribution in [0.5, 0.6) is 5.75 Å². The molecule has 10 nitrogen and oxygen atoms in total. The van der Waals surface area contributed by atoms with Gasteiger partial charge in [0.05, 0.1) is 12.8 Å². The fourth-order valence-electron chi connectivity index (χ4n) is 4.58. The van der Waals surface area contributed by atoms with E-state index in [1.165, 1.54) is 63.1 Å². The van der Waals surface area contributed by atoms with Gasteiger partial charge in [0.15, 0.2) is 0 Å². The second-order valence-electron chi connectivity index (χ2n) is 10.6. The molecule has 0 atom stereocenters. The van der Waals surface area contributed by atoms with Crippen LogP contribution in [0.2, 0.25) is 0 Å². The Balaban J connectivity index is 0.000000448. The van der Waals surface area contributed by atoms with Gasteiger partial charge in [0, 0.05) is 19.3 Å². The first-order chi connectivity index (χ1) is 22.1. The second kappa shape index (κ2) is 18.4. The Morgan fingerprint density at radius 2 is 1.06 bits per heavy atom. The van der Waals surface area contributed by atoms with Gasteiger partial charge < -0.3 is 20.1 Å². The molecule has 0 radical (unpaired) electrons. The van der Waals surface area contributed by atoms with Crippen molar-refractivity contribution < 1.29 is 74.0 Å². The van der Waals surface area contributed by atoms with Crippen molar-refractivity contribution in [1.29, 1.82) is 0 Å². The quantitative estimate of drug-likeness (QED) is 0.324. The molecular formula is C29H34F9N3O7. The summed E-state index contributed by atoms with van der Waals surface area (Å²) in [7, 11) is 1.72. The van der Waals surface area contributed by atoms with Crippen LogP contribution < -0.4 is 4.74 Å². The smallest absolute Gasteiger partial charge is 0.490 e. The standard InChI is InChI=1S/C23H31N3O.3C2HF3O2/c1-27-22-7-5-20(6-8-22)18-25-14-9-23(10-15-25)11-16-26(17-12-23)19-21-4-2-3-13-24-21;3*3-2(4,5)1(6)7/h2-8,13H,9-12,14-19H2,1H3;3*(H,6,7). The number of likely N-dealkylation sites (tertiary alicyclic amines) is 2. The van der Waals surface area contributed by atoms with Crippen molar-refractivity contribution in [3.8, 4) is 5.75 Å². The van der Waals surface area contributed by atoms with Gasteiger partial charge in [0.2, 0.25) is 0 Å². The maximum Gasteiger partial charge on any atom is 0.490 e. The fourth-order valence-corrected chi connectivity index (χ4v) is 4.58. The van der Waals surface area contributed by atoms with Crippen LogP contribution in [-0.4, -0.2) is 99.8 Å². The lowest BCUT2D eigenvalue weighted by molar-refractivity contribution is -0.193. The average Bonchev–Trinajstić information content (AvgIpc) is 3.00. The number of carbonyl (C=O) groups is 3. The van der Waals surface area contributed by atoms with Gasteiger partial charge in [0.1, 0.15) is 5.75 Å². The number of nitrogens with zero attached hydrogens (tertiary/aromatic N) is 3. The van der Waals surface area contributed by atoms with Crippen molar-refractivity contribution >= 4 is 17.9 Å². The molecule has 1 aromatic carbocycles. The maximum absolute atomic E-state index is 10.6. The first-order valence-corrected chi connectivity index (χ1v) is 14.0. The molecule has 2 saturated heterocycles. The van der Waals surface area contributed by atoms with E-state index in [9.17, 15) is 39.5 Å². The van der Waals surface area contributed by atoms with Crippen LogP contribution in [0.4, 0.5) is 39.5 Å². The van der Waals surface area contributed by atoms with Crippen LogP contribution in [0.3, 0.4) is 0 Å². The molecule has 2 fully saturated rings. The summed E-state index contributed by atoms with van der Waals surface area (Å²) >= 11 is 0. The van der Waals surface area contributed by atoms with Gasteiger partial charge in [-0.2, -0.15) is 39.5 Å². The van der Waals surface area contributed by atoms with Gasteiger partial charge in [0.25, 0.3) is 0 Å². The Hall–Kier alpha value is -4.13. The summed E-state index contributed by atoms with van der Waals surface area (Å²) in [5.74, 6) is -7.33. The molecule has 3 N–H and O–H groups in total. The molecule has 0 bridgehead atoms. The van der Waals surface area contributed by atoms with E-state index in [-0.39, 0.29) is 0 Å². The number of carboxylic acids is 3. The van der Waals surface area contributed by atoms with E-state index in [1.54, 1.807) is 7.11 Å². The predicted molar refractivity (Wildman–Crippen MR) is 150 cm³/mol. The normalized spacial score (nSPS) is 16.5. The number of hydrogen-bond acceptors (Lipinski definition) is 7. The number of carboxylic acid groups (broad SMARTS) is 3. The Morgan fingerprint density at radius 3 is 1.38 bits per heavy atom. The molecule has 0 aliphatic carbocycles. The van der Waals surface area contributed by atoms with E-state index in [1.807, 2.05) is 12.3 Å². The topological polar surface area (TPSA) is 140 Å². The number of aromatic nitrogens is 1. The highest BCUT2D eigenvalue weighted by Gasteiger charge is 2.40. The summed E-state index contributed by atoms with van der Waals surface area (Å²) < 4.78 is 100. The van der Waals surface area contributed by atoms with Crippen LogP contribution in [0.15, 0.2) is 48.7 Å². The Bertz CT molecular complexity index is 1220. The Kier molecular flexibility index (Phi) is 16.1. The molecule has 2 aromatic rings. The summed E-state index contributed by atoms with van der Waals surface area (Å²) in [6.07, 6.45) is -7.97. The van der Waals surface area contributed by atoms with Gasteiger partial charge in [-0.3, -0.25) is 14.8 Å². The highest BCUT2D eigenvalue weighted by atomic mass is 19.4. The van der Waals surface area contributed by atoms with Gasteiger partial charge in [-0.15, -0.1) is 0 Å². The molecule has 270 valence electrons. The van der Waals surface area contributed by atoms with Crippen molar-refractivity contribution in [3.63, 3.8) is 0 Å². The van der Waals surface area contributed by atoms with Crippen LogP contribution >= 0.6 is 0 Å². The monoisotopic (exact) mass is 707 g/mol. The average molecular weight is 708 g/mol.